The predicted molar refractivity (Wildman–Crippen MR) is 67.5 cm³/mol. The molecule has 1 heterocycles. The van der Waals surface area contributed by atoms with Crippen LogP contribution >= 0.6 is 0 Å². The molecule has 1 aromatic rings. The molecule has 1 aromatic carbocycles. The highest BCUT2D eigenvalue weighted by Crippen LogP contribution is 2.28. The molecule has 5 nitrogen and oxygen atoms in total. The molecule has 0 spiro atoms. The third-order valence-electron chi connectivity index (χ3n) is 3.53. The second kappa shape index (κ2) is 4.70. The summed E-state index contributed by atoms with van der Waals surface area (Å²) in [5.74, 6) is -1.80. The summed E-state index contributed by atoms with van der Waals surface area (Å²) >= 11 is 0. The van der Waals surface area contributed by atoms with E-state index in [-0.39, 0.29) is 36.0 Å². The summed E-state index contributed by atoms with van der Waals surface area (Å²) in [6.07, 6.45) is 1.79. The van der Waals surface area contributed by atoms with Crippen LogP contribution in [0.1, 0.15) is 33.6 Å². The number of benzene rings is 1. The van der Waals surface area contributed by atoms with Gasteiger partial charge < -0.3 is 5.32 Å². The Kier molecular flexibility index (Phi) is 3.00. The predicted octanol–water partition coefficient (Wildman–Crippen LogP) is 0.948. The Balaban J connectivity index is 1.67. The van der Waals surface area contributed by atoms with Crippen molar-refractivity contribution in [2.24, 2.45) is 5.92 Å². The number of carbonyl (C=O) groups excluding carboxylic acids is 3. The molecule has 3 amide bonds. The van der Waals surface area contributed by atoms with Gasteiger partial charge in [-0.25, -0.2) is 4.39 Å². The quantitative estimate of drug-likeness (QED) is 0.833. The molecule has 0 atom stereocenters. The molecule has 1 aliphatic carbocycles. The standard InChI is InChI=1S/C14H13FN2O3/c15-10-3-1-2-9-11(10)14(20)17(13(9)19)7-6-16-12(18)8-4-5-8/h1-3,8H,4-7H2,(H,16,18). The third-order valence-corrected chi connectivity index (χ3v) is 3.53. The van der Waals surface area contributed by atoms with Gasteiger partial charge in [-0.15, -0.1) is 0 Å². The normalized spacial score (nSPS) is 17.4. The van der Waals surface area contributed by atoms with Gasteiger partial charge in [-0.2, -0.15) is 0 Å². The number of hydrogen-bond donors (Lipinski definition) is 1. The Hall–Kier alpha value is -2.24. The van der Waals surface area contributed by atoms with Crippen LogP contribution in [0.3, 0.4) is 0 Å². The number of rotatable bonds is 4. The van der Waals surface area contributed by atoms with E-state index < -0.39 is 17.6 Å². The minimum absolute atomic E-state index is 0.0483. The van der Waals surface area contributed by atoms with E-state index in [9.17, 15) is 18.8 Å². The number of fused-ring (bicyclic) bond motifs is 1. The number of carbonyl (C=O) groups is 3. The first kappa shape index (κ1) is 12.8. The summed E-state index contributed by atoms with van der Waals surface area (Å²) in [5, 5.41) is 2.68. The molecule has 0 saturated heterocycles. The van der Waals surface area contributed by atoms with Crippen LogP contribution in [0.4, 0.5) is 4.39 Å². The zero-order chi connectivity index (χ0) is 14.3. The largest absolute Gasteiger partial charge is 0.354 e. The van der Waals surface area contributed by atoms with E-state index in [1.165, 1.54) is 12.1 Å². The lowest BCUT2D eigenvalue weighted by molar-refractivity contribution is -0.122. The maximum absolute atomic E-state index is 13.6. The van der Waals surface area contributed by atoms with Crippen molar-refractivity contribution in [2.75, 3.05) is 13.1 Å². The molecule has 20 heavy (non-hydrogen) atoms. The average Bonchev–Trinajstić information content (AvgIpc) is 3.23. The van der Waals surface area contributed by atoms with Crippen molar-refractivity contribution in [2.45, 2.75) is 12.8 Å². The molecule has 104 valence electrons. The molecular formula is C14H13FN2O3. The third kappa shape index (κ3) is 2.07. The molecule has 1 fully saturated rings. The molecule has 1 saturated carbocycles. The minimum atomic E-state index is -0.689. The van der Waals surface area contributed by atoms with Gasteiger partial charge in [-0.1, -0.05) is 6.07 Å². The molecular weight excluding hydrogens is 263 g/mol. The number of nitrogens with zero attached hydrogens (tertiary/aromatic N) is 1. The van der Waals surface area contributed by atoms with Gasteiger partial charge in [0.1, 0.15) is 5.82 Å². The first-order chi connectivity index (χ1) is 9.59. The van der Waals surface area contributed by atoms with Gasteiger partial charge >= 0.3 is 0 Å². The first-order valence-corrected chi connectivity index (χ1v) is 6.52. The summed E-state index contributed by atoms with van der Waals surface area (Å²) in [7, 11) is 0. The van der Waals surface area contributed by atoms with Gasteiger partial charge in [-0.05, 0) is 25.0 Å². The molecule has 0 bridgehead atoms. The molecule has 0 radical (unpaired) electrons. The minimum Gasteiger partial charge on any atom is -0.354 e. The van der Waals surface area contributed by atoms with Crippen LogP contribution in [0, 0.1) is 11.7 Å². The van der Waals surface area contributed by atoms with Gasteiger partial charge in [0, 0.05) is 19.0 Å². The Bertz CT molecular complexity index is 610. The van der Waals surface area contributed by atoms with Crippen LogP contribution in [0.15, 0.2) is 18.2 Å². The number of amides is 3. The lowest BCUT2D eigenvalue weighted by Crippen LogP contribution is -2.38. The van der Waals surface area contributed by atoms with E-state index in [1.807, 2.05) is 0 Å². The van der Waals surface area contributed by atoms with Crippen molar-refractivity contribution in [3.8, 4) is 0 Å². The zero-order valence-electron chi connectivity index (χ0n) is 10.7. The van der Waals surface area contributed by atoms with E-state index in [4.69, 9.17) is 0 Å². The van der Waals surface area contributed by atoms with E-state index in [2.05, 4.69) is 5.32 Å². The van der Waals surface area contributed by atoms with Gasteiger partial charge in [0.15, 0.2) is 0 Å². The molecule has 1 aliphatic heterocycles. The average molecular weight is 276 g/mol. The summed E-state index contributed by atoms with van der Waals surface area (Å²) in [6.45, 7) is 0.257. The molecule has 2 aliphatic rings. The van der Waals surface area contributed by atoms with Crippen molar-refractivity contribution >= 4 is 17.7 Å². The molecule has 0 aromatic heterocycles. The van der Waals surface area contributed by atoms with E-state index in [1.54, 1.807) is 0 Å². The van der Waals surface area contributed by atoms with E-state index in [0.717, 1.165) is 23.8 Å². The highest BCUT2D eigenvalue weighted by atomic mass is 19.1. The lowest BCUT2D eigenvalue weighted by Gasteiger charge is -2.14. The summed E-state index contributed by atoms with van der Waals surface area (Å²) < 4.78 is 13.6. The van der Waals surface area contributed by atoms with Crippen molar-refractivity contribution in [1.29, 1.82) is 0 Å². The topological polar surface area (TPSA) is 66.5 Å². The number of halogens is 1. The van der Waals surface area contributed by atoms with Crippen LogP contribution in [0.2, 0.25) is 0 Å². The summed E-state index contributed by atoms with van der Waals surface area (Å²) in [4.78, 5) is 36.4. The van der Waals surface area contributed by atoms with Crippen LogP contribution < -0.4 is 5.32 Å². The van der Waals surface area contributed by atoms with Gasteiger partial charge in [0.05, 0.1) is 11.1 Å². The molecule has 1 N–H and O–H groups in total. The molecule has 6 heteroatoms. The maximum Gasteiger partial charge on any atom is 0.264 e. The number of nitrogens with one attached hydrogen (secondary N) is 1. The molecule has 0 unspecified atom stereocenters. The maximum atomic E-state index is 13.6. The first-order valence-electron chi connectivity index (χ1n) is 6.52. The molecule has 3 rings (SSSR count). The fourth-order valence-corrected chi connectivity index (χ4v) is 2.28. The Morgan fingerprint density at radius 1 is 1.30 bits per heavy atom. The Morgan fingerprint density at radius 2 is 2.05 bits per heavy atom. The van der Waals surface area contributed by atoms with Crippen LogP contribution in [-0.2, 0) is 4.79 Å². The Labute approximate surface area is 114 Å². The van der Waals surface area contributed by atoms with Gasteiger partial charge in [-0.3, -0.25) is 19.3 Å². The second-order valence-electron chi connectivity index (χ2n) is 4.99. The summed E-state index contributed by atoms with van der Waals surface area (Å²) in [5.41, 5.74) is -0.0884. The highest BCUT2D eigenvalue weighted by Gasteiger charge is 2.37. The highest BCUT2D eigenvalue weighted by molar-refractivity contribution is 6.21. The van der Waals surface area contributed by atoms with E-state index >= 15 is 0 Å². The smallest absolute Gasteiger partial charge is 0.264 e. The van der Waals surface area contributed by atoms with Crippen molar-refractivity contribution in [3.63, 3.8) is 0 Å². The van der Waals surface area contributed by atoms with E-state index in [0.29, 0.717) is 0 Å². The van der Waals surface area contributed by atoms with Crippen molar-refractivity contribution < 1.29 is 18.8 Å². The zero-order valence-corrected chi connectivity index (χ0v) is 10.7. The number of imide groups is 1. The number of hydrogen-bond acceptors (Lipinski definition) is 3. The Morgan fingerprint density at radius 3 is 2.70 bits per heavy atom. The van der Waals surface area contributed by atoms with Gasteiger partial charge in [0.2, 0.25) is 5.91 Å². The fourth-order valence-electron chi connectivity index (χ4n) is 2.28. The van der Waals surface area contributed by atoms with Gasteiger partial charge in [0.25, 0.3) is 11.8 Å². The van der Waals surface area contributed by atoms with Crippen LogP contribution in [0.5, 0.6) is 0 Å². The van der Waals surface area contributed by atoms with Crippen LogP contribution in [-0.4, -0.2) is 35.7 Å². The summed E-state index contributed by atoms with van der Waals surface area (Å²) in [6, 6.07) is 3.99. The monoisotopic (exact) mass is 276 g/mol. The lowest BCUT2D eigenvalue weighted by atomic mass is 10.1. The fraction of sp³-hybridized carbons (Fsp3) is 0.357. The SMILES string of the molecule is O=C(NCCN1C(=O)c2cccc(F)c2C1=O)C1CC1. The second-order valence-corrected chi connectivity index (χ2v) is 4.99. The van der Waals surface area contributed by atoms with Crippen molar-refractivity contribution in [1.82, 2.24) is 10.2 Å². The van der Waals surface area contributed by atoms with Crippen molar-refractivity contribution in [3.05, 3.63) is 35.1 Å². The van der Waals surface area contributed by atoms with Crippen LogP contribution in [0.25, 0.3) is 0 Å².